The minimum absolute atomic E-state index is 0. The molecule has 1 N–H and O–H groups in total. The van der Waals surface area contributed by atoms with Gasteiger partial charge in [-0.2, -0.15) is 0 Å². The van der Waals surface area contributed by atoms with E-state index in [1.54, 1.807) is 0 Å². The second kappa shape index (κ2) is 6.78. The Hall–Kier alpha value is -1.03. The Morgan fingerprint density at radius 3 is 2.50 bits per heavy atom. The molecule has 1 aromatic carbocycles. The minimum Gasteiger partial charge on any atom is -0.367 e. The molecule has 0 bridgehead atoms. The molecule has 2 aromatic rings. The average molecular weight is 286 g/mol. The lowest BCUT2D eigenvalue weighted by molar-refractivity contribution is 0.590. The highest BCUT2D eigenvalue weighted by Crippen LogP contribution is 2.24. The Morgan fingerprint density at radius 2 is 1.72 bits per heavy atom. The molecule has 0 spiro atoms. The summed E-state index contributed by atoms with van der Waals surface area (Å²) >= 11 is 0. The van der Waals surface area contributed by atoms with Gasteiger partial charge in [-0.05, 0) is 12.1 Å². The van der Waals surface area contributed by atoms with Crippen molar-refractivity contribution in [2.45, 2.75) is 0 Å². The van der Waals surface area contributed by atoms with E-state index < -0.39 is 0 Å². The zero-order valence-electron chi connectivity index (χ0n) is 10.0. The van der Waals surface area contributed by atoms with Crippen molar-refractivity contribution in [2.75, 3.05) is 31.1 Å². The number of benzene rings is 1. The first-order chi connectivity index (χ1) is 7.95. The number of piperazine rings is 1. The van der Waals surface area contributed by atoms with E-state index in [9.17, 15) is 0 Å². The Labute approximate surface area is 119 Å². The number of anilines is 1. The van der Waals surface area contributed by atoms with Crippen LogP contribution in [0.2, 0.25) is 0 Å². The van der Waals surface area contributed by atoms with Gasteiger partial charge in [0.1, 0.15) is 0 Å². The number of para-hydroxylation sites is 1. The number of fused-ring (bicyclic) bond motifs is 1. The number of halogens is 2. The molecule has 1 aliphatic rings. The van der Waals surface area contributed by atoms with E-state index in [2.05, 4.69) is 39.5 Å². The molecule has 0 atom stereocenters. The predicted octanol–water partition coefficient (Wildman–Crippen LogP) is 2.49. The molecule has 18 heavy (non-hydrogen) atoms. The Bertz CT molecular complexity index is 493. The van der Waals surface area contributed by atoms with Crippen molar-refractivity contribution < 1.29 is 0 Å². The lowest BCUT2D eigenvalue weighted by Gasteiger charge is -2.29. The van der Waals surface area contributed by atoms with Crippen molar-refractivity contribution in [3.05, 3.63) is 36.5 Å². The topological polar surface area (TPSA) is 28.2 Å². The van der Waals surface area contributed by atoms with Gasteiger partial charge in [0.05, 0.1) is 11.2 Å². The Morgan fingerprint density at radius 1 is 1.00 bits per heavy atom. The van der Waals surface area contributed by atoms with E-state index >= 15 is 0 Å². The minimum atomic E-state index is 0. The third-order valence-corrected chi connectivity index (χ3v) is 3.07. The fourth-order valence-corrected chi connectivity index (χ4v) is 2.25. The van der Waals surface area contributed by atoms with E-state index in [1.165, 1.54) is 11.1 Å². The molecule has 1 aliphatic heterocycles. The summed E-state index contributed by atoms with van der Waals surface area (Å²) in [5.74, 6) is 0. The summed E-state index contributed by atoms with van der Waals surface area (Å²) in [6.07, 6.45) is 1.87. The molecule has 0 saturated carbocycles. The van der Waals surface area contributed by atoms with Crippen molar-refractivity contribution in [3.63, 3.8) is 0 Å². The molecular weight excluding hydrogens is 269 g/mol. The number of hydrogen-bond donors (Lipinski definition) is 1. The molecular formula is C13H17Cl2N3. The fraction of sp³-hybridized carbons (Fsp3) is 0.308. The highest BCUT2D eigenvalue weighted by Gasteiger charge is 2.13. The molecule has 3 nitrogen and oxygen atoms in total. The monoisotopic (exact) mass is 285 g/mol. The normalized spacial score (nSPS) is 14.8. The third kappa shape index (κ3) is 2.86. The molecule has 98 valence electrons. The average Bonchev–Trinajstić information content (AvgIpc) is 2.39. The molecule has 1 saturated heterocycles. The molecule has 0 amide bonds. The molecule has 5 heteroatoms. The summed E-state index contributed by atoms with van der Waals surface area (Å²) in [5, 5.41) is 4.59. The van der Waals surface area contributed by atoms with E-state index in [0.29, 0.717) is 0 Å². The molecule has 0 radical (unpaired) electrons. The van der Waals surface area contributed by atoms with Crippen LogP contribution in [0.4, 0.5) is 5.69 Å². The van der Waals surface area contributed by atoms with Crippen LogP contribution in [0.15, 0.2) is 36.5 Å². The number of nitrogens with one attached hydrogen (secondary N) is 1. The van der Waals surface area contributed by atoms with Gasteiger partial charge in [0.15, 0.2) is 0 Å². The molecule has 0 unspecified atom stereocenters. The maximum Gasteiger partial charge on any atom is 0.0935 e. The Kier molecular flexibility index (Phi) is 5.66. The van der Waals surface area contributed by atoms with Crippen LogP contribution >= 0.6 is 24.8 Å². The zero-order valence-corrected chi connectivity index (χ0v) is 11.6. The van der Waals surface area contributed by atoms with Crippen LogP contribution in [-0.2, 0) is 0 Å². The largest absolute Gasteiger partial charge is 0.367 e. The fourth-order valence-electron chi connectivity index (χ4n) is 2.25. The summed E-state index contributed by atoms with van der Waals surface area (Å²) in [4.78, 5) is 6.90. The van der Waals surface area contributed by atoms with Gasteiger partial charge >= 0.3 is 0 Å². The molecule has 1 fully saturated rings. The van der Waals surface area contributed by atoms with Crippen molar-refractivity contribution in [1.82, 2.24) is 10.3 Å². The van der Waals surface area contributed by atoms with Gasteiger partial charge in [0.25, 0.3) is 0 Å². The predicted molar refractivity (Wildman–Crippen MR) is 81.3 cm³/mol. The summed E-state index contributed by atoms with van der Waals surface area (Å²) in [7, 11) is 0. The third-order valence-electron chi connectivity index (χ3n) is 3.07. The number of aromatic nitrogens is 1. The Balaban J connectivity index is 0.000000810. The van der Waals surface area contributed by atoms with Crippen LogP contribution in [0, 0.1) is 0 Å². The van der Waals surface area contributed by atoms with Crippen molar-refractivity contribution in [2.24, 2.45) is 0 Å². The van der Waals surface area contributed by atoms with Crippen LogP contribution in [0.1, 0.15) is 0 Å². The molecule has 0 aliphatic carbocycles. The van der Waals surface area contributed by atoms with Gasteiger partial charge in [-0.3, -0.25) is 4.98 Å². The second-order valence-electron chi connectivity index (χ2n) is 4.09. The lowest BCUT2D eigenvalue weighted by atomic mass is 10.1. The van der Waals surface area contributed by atoms with Gasteiger partial charge in [-0.15, -0.1) is 24.8 Å². The molecule has 1 aromatic heterocycles. The first kappa shape index (κ1) is 15.0. The van der Waals surface area contributed by atoms with Crippen LogP contribution in [0.5, 0.6) is 0 Å². The summed E-state index contributed by atoms with van der Waals surface area (Å²) in [5.41, 5.74) is 2.38. The maximum atomic E-state index is 4.49. The number of pyridine rings is 1. The summed E-state index contributed by atoms with van der Waals surface area (Å²) in [6, 6.07) is 10.5. The van der Waals surface area contributed by atoms with Gasteiger partial charge in [-0.25, -0.2) is 0 Å². The summed E-state index contributed by atoms with van der Waals surface area (Å²) < 4.78 is 0. The number of hydrogen-bond acceptors (Lipinski definition) is 3. The quantitative estimate of drug-likeness (QED) is 0.873. The second-order valence-corrected chi connectivity index (χ2v) is 4.09. The molecule has 3 rings (SSSR count). The highest BCUT2D eigenvalue weighted by atomic mass is 35.5. The van der Waals surface area contributed by atoms with Gasteiger partial charge in [-0.1, -0.05) is 18.2 Å². The lowest BCUT2D eigenvalue weighted by Crippen LogP contribution is -2.43. The standard InChI is InChI=1S/C13H15N3.2ClH/c1-3-11-4-2-6-15-13(11)12(5-1)16-9-7-14-8-10-16;;/h1-6,14H,7-10H2;2*1H. The first-order valence-electron chi connectivity index (χ1n) is 5.74. The number of rotatable bonds is 1. The highest BCUT2D eigenvalue weighted by molar-refractivity contribution is 5.90. The number of nitrogens with zero attached hydrogens (tertiary/aromatic N) is 2. The maximum absolute atomic E-state index is 4.49. The van der Waals surface area contributed by atoms with Gasteiger partial charge in [0.2, 0.25) is 0 Å². The zero-order chi connectivity index (χ0) is 10.8. The van der Waals surface area contributed by atoms with Crippen molar-refractivity contribution >= 4 is 41.4 Å². The van der Waals surface area contributed by atoms with Crippen molar-refractivity contribution in [1.29, 1.82) is 0 Å². The van der Waals surface area contributed by atoms with Crippen LogP contribution in [0.25, 0.3) is 10.9 Å². The van der Waals surface area contributed by atoms with E-state index in [4.69, 9.17) is 0 Å². The van der Waals surface area contributed by atoms with Crippen LogP contribution in [0.3, 0.4) is 0 Å². The van der Waals surface area contributed by atoms with Crippen LogP contribution in [-0.4, -0.2) is 31.2 Å². The van der Waals surface area contributed by atoms with Gasteiger partial charge < -0.3 is 10.2 Å². The van der Waals surface area contributed by atoms with Crippen LogP contribution < -0.4 is 10.2 Å². The SMILES string of the molecule is Cl.Cl.c1cnc2c(N3CCNCC3)cccc2c1. The van der Waals surface area contributed by atoms with E-state index in [-0.39, 0.29) is 24.8 Å². The van der Waals surface area contributed by atoms with E-state index in [1.807, 2.05) is 12.3 Å². The molecule has 2 heterocycles. The first-order valence-corrected chi connectivity index (χ1v) is 5.74. The summed E-state index contributed by atoms with van der Waals surface area (Å²) in [6.45, 7) is 4.25. The van der Waals surface area contributed by atoms with Crippen molar-refractivity contribution in [3.8, 4) is 0 Å². The van der Waals surface area contributed by atoms with Gasteiger partial charge in [0, 0.05) is 37.8 Å². The smallest absolute Gasteiger partial charge is 0.0935 e. The van der Waals surface area contributed by atoms with E-state index in [0.717, 1.165) is 31.7 Å².